The second kappa shape index (κ2) is 6.02. The molecule has 0 aliphatic heterocycles. The number of hydrogen-bond acceptors (Lipinski definition) is 4. The minimum Gasteiger partial charge on any atom is -0.497 e. The second-order valence-electron chi connectivity index (χ2n) is 4.00. The molecule has 0 spiro atoms. The highest BCUT2D eigenvalue weighted by Gasteiger charge is 2.14. The maximum Gasteiger partial charge on any atom is 0.337 e. The molecule has 0 atom stereocenters. The third kappa shape index (κ3) is 3.74. The standard InChI is InChI=1S/C12H16N2O4/c1-14(2)7-11(15)13-10-5-4-8(18-3)6-9(10)12(16)17/h4-6H,7H2,1-3H3,(H,13,15)(H,16,17). The smallest absolute Gasteiger partial charge is 0.337 e. The van der Waals surface area contributed by atoms with E-state index in [-0.39, 0.29) is 23.7 Å². The Hall–Kier alpha value is -2.08. The van der Waals surface area contributed by atoms with Crippen LogP contribution in [-0.4, -0.2) is 49.6 Å². The number of carboxylic acids is 1. The van der Waals surface area contributed by atoms with Crippen LogP contribution in [0.5, 0.6) is 5.75 Å². The fourth-order valence-corrected chi connectivity index (χ4v) is 1.41. The van der Waals surface area contributed by atoms with Crippen LogP contribution in [0, 0.1) is 0 Å². The zero-order valence-corrected chi connectivity index (χ0v) is 10.6. The topological polar surface area (TPSA) is 78.9 Å². The molecule has 6 nitrogen and oxygen atoms in total. The van der Waals surface area contributed by atoms with Crippen LogP contribution < -0.4 is 10.1 Å². The molecule has 1 aromatic carbocycles. The highest BCUT2D eigenvalue weighted by molar-refractivity contribution is 6.01. The van der Waals surface area contributed by atoms with Crippen LogP contribution in [0.25, 0.3) is 0 Å². The summed E-state index contributed by atoms with van der Waals surface area (Å²) in [6, 6.07) is 4.47. The largest absolute Gasteiger partial charge is 0.497 e. The molecule has 18 heavy (non-hydrogen) atoms. The number of benzene rings is 1. The first-order valence-corrected chi connectivity index (χ1v) is 5.30. The van der Waals surface area contributed by atoms with Crippen molar-refractivity contribution in [2.24, 2.45) is 0 Å². The Labute approximate surface area is 105 Å². The predicted octanol–water partition coefficient (Wildman–Crippen LogP) is 0.893. The molecule has 0 radical (unpaired) electrons. The first-order valence-electron chi connectivity index (χ1n) is 5.30. The SMILES string of the molecule is COc1ccc(NC(=O)CN(C)C)c(C(=O)O)c1. The number of carbonyl (C=O) groups is 2. The van der Waals surface area contributed by atoms with Gasteiger partial charge < -0.3 is 20.1 Å². The molecule has 6 heteroatoms. The molecule has 0 aromatic heterocycles. The average Bonchev–Trinajstić information content (AvgIpc) is 2.28. The number of carbonyl (C=O) groups excluding carboxylic acids is 1. The van der Waals surface area contributed by atoms with Gasteiger partial charge in [-0.3, -0.25) is 4.79 Å². The van der Waals surface area contributed by atoms with E-state index in [2.05, 4.69) is 5.32 Å². The lowest BCUT2D eigenvalue weighted by molar-refractivity contribution is -0.116. The predicted molar refractivity (Wildman–Crippen MR) is 67.1 cm³/mol. The van der Waals surface area contributed by atoms with Crippen molar-refractivity contribution in [3.8, 4) is 5.75 Å². The third-order valence-corrected chi connectivity index (χ3v) is 2.19. The number of ether oxygens (including phenoxy) is 1. The minimum atomic E-state index is -1.12. The number of likely N-dealkylation sites (N-methyl/N-ethyl adjacent to an activating group) is 1. The van der Waals surface area contributed by atoms with Crippen LogP contribution in [0.15, 0.2) is 18.2 Å². The van der Waals surface area contributed by atoms with Crippen molar-refractivity contribution in [2.45, 2.75) is 0 Å². The number of rotatable bonds is 5. The number of nitrogens with zero attached hydrogens (tertiary/aromatic N) is 1. The van der Waals surface area contributed by atoms with Gasteiger partial charge in [0.05, 0.1) is 24.9 Å². The van der Waals surface area contributed by atoms with Gasteiger partial charge in [-0.25, -0.2) is 4.79 Å². The third-order valence-electron chi connectivity index (χ3n) is 2.19. The van der Waals surface area contributed by atoms with E-state index in [1.807, 2.05) is 0 Å². The van der Waals surface area contributed by atoms with E-state index in [1.165, 1.54) is 19.2 Å². The molecule has 1 aromatic rings. The number of hydrogen-bond donors (Lipinski definition) is 2. The van der Waals surface area contributed by atoms with Crippen LogP contribution in [0.3, 0.4) is 0 Å². The van der Waals surface area contributed by atoms with E-state index in [0.717, 1.165) is 0 Å². The lowest BCUT2D eigenvalue weighted by Gasteiger charge is -2.12. The summed E-state index contributed by atoms with van der Waals surface area (Å²) in [5, 5.41) is 11.6. The summed E-state index contributed by atoms with van der Waals surface area (Å²) in [6.45, 7) is 0.186. The van der Waals surface area contributed by atoms with Crippen LogP contribution in [0.1, 0.15) is 10.4 Å². The molecule has 0 unspecified atom stereocenters. The first-order chi connectivity index (χ1) is 8.43. The van der Waals surface area contributed by atoms with Gasteiger partial charge in [0.1, 0.15) is 5.75 Å². The van der Waals surface area contributed by atoms with Crippen LogP contribution in [0.4, 0.5) is 5.69 Å². The molecule has 0 saturated carbocycles. The molecule has 0 fully saturated rings. The van der Waals surface area contributed by atoms with Crippen molar-refractivity contribution in [1.29, 1.82) is 0 Å². The summed E-state index contributed by atoms with van der Waals surface area (Å²) < 4.78 is 4.95. The number of carboxylic acid groups (broad SMARTS) is 1. The van der Waals surface area contributed by atoms with Crippen LogP contribution in [0.2, 0.25) is 0 Å². The summed E-state index contributed by atoms with van der Waals surface area (Å²) in [5.41, 5.74) is 0.261. The number of methoxy groups -OCH3 is 1. The average molecular weight is 252 g/mol. The van der Waals surface area contributed by atoms with Gasteiger partial charge in [0, 0.05) is 0 Å². The normalized spacial score (nSPS) is 10.2. The lowest BCUT2D eigenvalue weighted by Crippen LogP contribution is -2.27. The van der Waals surface area contributed by atoms with E-state index in [0.29, 0.717) is 5.75 Å². The molecule has 2 N–H and O–H groups in total. The van der Waals surface area contributed by atoms with Gasteiger partial charge in [-0.2, -0.15) is 0 Å². The van der Waals surface area contributed by atoms with Crippen molar-refractivity contribution < 1.29 is 19.4 Å². The van der Waals surface area contributed by atoms with Crippen molar-refractivity contribution in [3.05, 3.63) is 23.8 Å². The Morgan fingerprint density at radius 3 is 2.56 bits per heavy atom. The molecule has 0 aliphatic rings. The quantitative estimate of drug-likeness (QED) is 0.813. The molecule has 0 bridgehead atoms. The number of anilines is 1. The van der Waals surface area contributed by atoms with Crippen molar-refractivity contribution >= 4 is 17.6 Å². The van der Waals surface area contributed by atoms with Gasteiger partial charge in [0.2, 0.25) is 5.91 Å². The first kappa shape index (κ1) is 14.0. The molecule has 0 saturated heterocycles. The molecule has 98 valence electrons. The van der Waals surface area contributed by atoms with Gasteiger partial charge in [-0.1, -0.05) is 0 Å². The fourth-order valence-electron chi connectivity index (χ4n) is 1.41. The highest BCUT2D eigenvalue weighted by atomic mass is 16.5. The van der Waals surface area contributed by atoms with Crippen molar-refractivity contribution in [1.82, 2.24) is 4.90 Å². The van der Waals surface area contributed by atoms with Gasteiger partial charge in [0.25, 0.3) is 0 Å². The minimum absolute atomic E-state index is 0.00135. The zero-order chi connectivity index (χ0) is 13.7. The van der Waals surface area contributed by atoms with Gasteiger partial charge in [-0.05, 0) is 32.3 Å². The van der Waals surface area contributed by atoms with E-state index >= 15 is 0 Å². The lowest BCUT2D eigenvalue weighted by atomic mass is 10.1. The van der Waals surface area contributed by atoms with E-state index in [9.17, 15) is 9.59 Å². The number of aromatic carboxylic acids is 1. The maximum atomic E-state index is 11.6. The van der Waals surface area contributed by atoms with Gasteiger partial charge in [-0.15, -0.1) is 0 Å². The summed E-state index contributed by atoms with van der Waals surface area (Å²) in [6.07, 6.45) is 0. The summed E-state index contributed by atoms with van der Waals surface area (Å²) in [7, 11) is 4.96. The highest BCUT2D eigenvalue weighted by Crippen LogP contribution is 2.22. The molecular formula is C12H16N2O4. The molecule has 1 amide bonds. The van der Waals surface area contributed by atoms with E-state index in [4.69, 9.17) is 9.84 Å². The number of nitrogens with one attached hydrogen (secondary N) is 1. The van der Waals surface area contributed by atoms with Crippen LogP contribution in [-0.2, 0) is 4.79 Å². The summed E-state index contributed by atoms with van der Waals surface area (Å²) in [5.74, 6) is -0.959. The Kier molecular flexibility index (Phi) is 4.67. The van der Waals surface area contributed by atoms with Crippen molar-refractivity contribution in [3.63, 3.8) is 0 Å². The molecule has 0 heterocycles. The fraction of sp³-hybridized carbons (Fsp3) is 0.333. The van der Waals surface area contributed by atoms with Crippen molar-refractivity contribution in [2.75, 3.05) is 33.1 Å². The molecular weight excluding hydrogens is 236 g/mol. The summed E-state index contributed by atoms with van der Waals surface area (Å²) in [4.78, 5) is 24.3. The Morgan fingerprint density at radius 2 is 2.06 bits per heavy atom. The van der Waals surface area contributed by atoms with Gasteiger partial charge >= 0.3 is 5.97 Å². The summed E-state index contributed by atoms with van der Waals surface area (Å²) >= 11 is 0. The number of amides is 1. The van der Waals surface area contributed by atoms with Crippen LogP contribution >= 0.6 is 0 Å². The maximum absolute atomic E-state index is 11.6. The zero-order valence-electron chi connectivity index (χ0n) is 10.6. The molecule has 1 rings (SSSR count). The Balaban J connectivity index is 2.94. The Morgan fingerprint density at radius 1 is 1.39 bits per heavy atom. The van der Waals surface area contributed by atoms with Gasteiger partial charge in [0.15, 0.2) is 0 Å². The monoisotopic (exact) mass is 252 g/mol. The molecule has 0 aliphatic carbocycles. The van der Waals surface area contributed by atoms with E-state index < -0.39 is 5.97 Å². The van der Waals surface area contributed by atoms with E-state index in [1.54, 1.807) is 25.1 Å². The Bertz CT molecular complexity index is 457. The second-order valence-corrected chi connectivity index (χ2v) is 4.00.